The number of hydrogen-bond donors (Lipinski definition) is 1. The second-order valence-electron chi connectivity index (χ2n) is 1.73. The normalized spacial score (nSPS) is 10.7. The lowest BCUT2D eigenvalue weighted by Gasteiger charge is -1.76. The van der Waals surface area contributed by atoms with Crippen LogP contribution in [0, 0.1) is 0 Å². The Bertz CT molecular complexity index is 320. The Labute approximate surface area is 55.3 Å². The average Bonchev–Trinajstić information content (AvgIpc) is 2.35. The zero-order valence-electron chi connectivity index (χ0n) is 4.50. The van der Waals surface area contributed by atoms with Crippen LogP contribution < -0.4 is 0 Å². The fraction of sp³-hybridized carbons (Fsp3) is 0. The second kappa shape index (κ2) is 1.51. The molecule has 46 valence electrons. The highest BCUT2D eigenvalue weighted by Gasteiger charge is 2.02. The van der Waals surface area contributed by atoms with Crippen LogP contribution in [0.5, 0.6) is 5.75 Å². The third kappa shape index (κ3) is 0.549. The predicted octanol–water partition coefficient (Wildman–Crippen LogP) is 2.20. The lowest BCUT2D eigenvalue weighted by molar-refractivity contribution is 0.467. The summed E-state index contributed by atoms with van der Waals surface area (Å²) in [6.45, 7) is 0. The summed E-state index contributed by atoms with van der Waals surface area (Å²) in [6.07, 6.45) is 1.57. The minimum Gasteiger partial charge on any atom is -0.504 e. The zero-order valence-corrected chi connectivity index (χ0v) is 5.31. The molecule has 0 aliphatic carbocycles. The lowest BCUT2D eigenvalue weighted by atomic mass is 10.5. The molecule has 0 saturated carbocycles. The van der Waals surface area contributed by atoms with Gasteiger partial charge < -0.3 is 9.52 Å². The van der Waals surface area contributed by atoms with Gasteiger partial charge in [-0.15, -0.1) is 11.3 Å². The Morgan fingerprint density at radius 2 is 2.44 bits per heavy atom. The molecule has 9 heavy (non-hydrogen) atoms. The molecular formula is C6H4O2S. The first kappa shape index (κ1) is 4.88. The maximum atomic E-state index is 9.02. The van der Waals surface area contributed by atoms with Crippen LogP contribution in [0.15, 0.2) is 22.1 Å². The molecule has 0 amide bonds. The molecule has 0 bridgehead atoms. The fourth-order valence-electron chi connectivity index (χ4n) is 0.750. The van der Waals surface area contributed by atoms with E-state index in [2.05, 4.69) is 0 Å². The van der Waals surface area contributed by atoms with Crippen LogP contribution in [0.1, 0.15) is 0 Å². The molecule has 0 aliphatic heterocycles. The maximum absolute atomic E-state index is 9.02. The van der Waals surface area contributed by atoms with Gasteiger partial charge in [0.1, 0.15) is 0 Å². The van der Waals surface area contributed by atoms with E-state index in [1.165, 1.54) is 11.3 Å². The van der Waals surface area contributed by atoms with Crippen molar-refractivity contribution in [3.63, 3.8) is 0 Å². The summed E-state index contributed by atoms with van der Waals surface area (Å²) < 4.78 is 5.94. The first-order valence-corrected chi connectivity index (χ1v) is 3.39. The van der Waals surface area contributed by atoms with Crippen LogP contribution in [0.2, 0.25) is 0 Å². The van der Waals surface area contributed by atoms with E-state index in [9.17, 15) is 0 Å². The molecule has 2 rings (SSSR count). The number of aromatic hydroxyl groups is 1. The molecule has 2 nitrogen and oxygen atoms in total. The highest BCUT2D eigenvalue weighted by molar-refractivity contribution is 7.17. The molecule has 2 aromatic rings. The highest BCUT2D eigenvalue weighted by atomic mass is 32.1. The summed E-state index contributed by atoms with van der Waals surface area (Å²) in [6, 6.07) is 1.83. The highest BCUT2D eigenvalue weighted by Crippen LogP contribution is 2.31. The molecule has 0 unspecified atom stereocenters. The average molecular weight is 140 g/mol. The van der Waals surface area contributed by atoms with E-state index < -0.39 is 0 Å². The third-order valence-corrected chi connectivity index (χ3v) is 2.08. The quantitative estimate of drug-likeness (QED) is 0.608. The topological polar surface area (TPSA) is 33.4 Å². The van der Waals surface area contributed by atoms with Crippen LogP contribution in [0.4, 0.5) is 0 Å². The summed E-state index contributed by atoms with van der Waals surface area (Å²) in [7, 11) is 0. The van der Waals surface area contributed by atoms with Gasteiger partial charge in [0, 0.05) is 5.38 Å². The van der Waals surface area contributed by atoms with Gasteiger partial charge in [-0.3, -0.25) is 0 Å². The van der Waals surface area contributed by atoms with E-state index >= 15 is 0 Å². The molecule has 2 heterocycles. The second-order valence-corrected chi connectivity index (χ2v) is 2.65. The van der Waals surface area contributed by atoms with E-state index in [1.807, 2.05) is 6.07 Å². The Kier molecular flexibility index (Phi) is 0.818. The number of thiophene rings is 1. The molecule has 3 heteroatoms. The molecule has 2 aromatic heterocycles. The van der Waals surface area contributed by atoms with Gasteiger partial charge in [-0.1, -0.05) is 0 Å². The van der Waals surface area contributed by atoms with Crippen molar-refractivity contribution >= 4 is 21.6 Å². The molecule has 0 fully saturated rings. The molecule has 0 atom stereocenters. The predicted molar refractivity (Wildman–Crippen MR) is 35.8 cm³/mol. The van der Waals surface area contributed by atoms with Gasteiger partial charge in [0.25, 0.3) is 0 Å². The van der Waals surface area contributed by atoms with Gasteiger partial charge in [-0.05, 0) is 6.07 Å². The minimum atomic E-state index is 0.236. The van der Waals surface area contributed by atoms with E-state index in [0.29, 0.717) is 5.58 Å². The summed E-state index contributed by atoms with van der Waals surface area (Å²) in [5.41, 5.74) is 0.597. The number of furan rings is 1. The molecule has 0 radical (unpaired) electrons. The molecule has 0 saturated heterocycles. The van der Waals surface area contributed by atoms with Crippen molar-refractivity contribution in [1.82, 2.24) is 0 Å². The molecule has 0 aromatic carbocycles. The van der Waals surface area contributed by atoms with Gasteiger partial charge in [0.15, 0.2) is 11.3 Å². The standard InChI is InChI=1S/C6H4O2S/c7-4-3-9-5-1-2-8-6(4)5/h1-3,7H. The van der Waals surface area contributed by atoms with Crippen molar-refractivity contribution in [2.75, 3.05) is 0 Å². The maximum Gasteiger partial charge on any atom is 0.186 e. The summed E-state index contributed by atoms with van der Waals surface area (Å²) in [4.78, 5) is 0. The van der Waals surface area contributed by atoms with Crippen molar-refractivity contribution in [2.45, 2.75) is 0 Å². The van der Waals surface area contributed by atoms with Crippen molar-refractivity contribution in [2.24, 2.45) is 0 Å². The summed E-state index contributed by atoms with van der Waals surface area (Å²) >= 11 is 1.48. The lowest BCUT2D eigenvalue weighted by Crippen LogP contribution is -1.48. The van der Waals surface area contributed by atoms with Crippen LogP contribution in [0.25, 0.3) is 10.3 Å². The van der Waals surface area contributed by atoms with Crippen molar-refractivity contribution < 1.29 is 9.52 Å². The monoisotopic (exact) mass is 140 g/mol. The van der Waals surface area contributed by atoms with Crippen LogP contribution in [-0.2, 0) is 0 Å². The Hall–Kier alpha value is -0.960. The van der Waals surface area contributed by atoms with Crippen molar-refractivity contribution in [1.29, 1.82) is 0 Å². The smallest absolute Gasteiger partial charge is 0.186 e. The van der Waals surface area contributed by atoms with Gasteiger partial charge in [0.2, 0.25) is 0 Å². The van der Waals surface area contributed by atoms with Crippen molar-refractivity contribution in [3.8, 4) is 5.75 Å². The largest absolute Gasteiger partial charge is 0.504 e. The van der Waals surface area contributed by atoms with Gasteiger partial charge in [0.05, 0.1) is 11.0 Å². The number of rotatable bonds is 0. The van der Waals surface area contributed by atoms with Gasteiger partial charge in [-0.25, -0.2) is 0 Å². The zero-order chi connectivity index (χ0) is 6.27. The van der Waals surface area contributed by atoms with Crippen LogP contribution in [0.3, 0.4) is 0 Å². The van der Waals surface area contributed by atoms with Crippen LogP contribution in [-0.4, -0.2) is 5.11 Å². The Morgan fingerprint density at radius 3 is 3.22 bits per heavy atom. The number of fused-ring (bicyclic) bond motifs is 1. The number of hydrogen-bond acceptors (Lipinski definition) is 3. The van der Waals surface area contributed by atoms with E-state index in [1.54, 1.807) is 11.6 Å². The SMILES string of the molecule is Oc1csc2ccoc12. The fourth-order valence-corrected chi connectivity index (χ4v) is 1.49. The van der Waals surface area contributed by atoms with Gasteiger partial charge in [-0.2, -0.15) is 0 Å². The summed E-state index contributed by atoms with van der Waals surface area (Å²) in [5.74, 6) is 0.236. The van der Waals surface area contributed by atoms with E-state index in [0.717, 1.165) is 4.70 Å². The molecule has 0 aliphatic rings. The Morgan fingerprint density at radius 1 is 1.56 bits per heavy atom. The van der Waals surface area contributed by atoms with Gasteiger partial charge >= 0.3 is 0 Å². The minimum absolute atomic E-state index is 0.236. The van der Waals surface area contributed by atoms with Crippen molar-refractivity contribution in [3.05, 3.63) is 17.7 Å². The van der Waals surface area contributed by atoms with Crippen LogP contribution >= 0.6 is 11.3 Å². The molecular weight excluding hydrogens is 136 g/mol. The first-order chi connectivity index (χ1) is 4.38. The molecule has 0 spiro atoms. The van der Waals surface area contributed by atoms with E-state index in [4.69, 9.17) is 9.52 Å². The third-order valence-electron chi connectivity index (χ3n) is 1.16. The first-order valence-electron chi connectivity index (χ1n) is 2.51. The molecule has 1 N–H and O–H groups in total. The summed E-state index contributed by atoms with van der Waals surface area (Å²) in [5, 5.41) is 10.7. The van der Waals surface area contributed by atoms with E-state index in [-0.39, 0.29) is 5.75 Å². The Balaban J connectivity index is 2.99.